The lowest BCUT2D eigenvalue weighted by molar-refractivity contribution is -0.136. The number of amides is 2. The first-order valence-electron chi connectivity index (χ1n) is 8.93. The molecule has 1 aromatic carbocycles. The minimum atomic E-state index is -0.173. The van der Waals surface area contributed by atoms with Crippen molar-refractivity contribution >= 4 is 17.5 Å². The van der Waals surface area contributed by atoms with Crippen molar-refractivity contribution in [3.63, 3.8) is 0 Å². The first-order valence-corrected chi connectivity index (χ1v) is 8.93. The van der Waals surface area contributed by atoms with E-state index < -0.39 is 0 Å². The van der Waals surface area contributed by atoms with Gasteiger partial charge in [0, 0.05) is 32.7 Å². The minimum Gasteiger partial charge on any atom is -0.373 e. The normalized spacial score (nSPS) is 22.0. The van der Waals surface area contributed by atoms with Crippen LogP contribution >= 0.6 is 0 Å². The largest absolute Gasteiger partial charge is 0.373 e. The molecule has 2 aliphatic heterocycles. The number of para-hydroxylation sites is 1. The average Bonchev–Trinajstić information content (AvgIpc) is 3.04. The van der Waals surface area contributed by atoms with E-state index in [-0.39, 0.29) is 24.0 Å². The van der Waals surface area contributed by atoms with E-state index in [1.807, 2.05) is 11.0 Å². The first kappa shape index (κ1) is 17.7. The highest BCUT2D eigenvalue weighted by atomic mass is 16.5. The predicted octanol–water partition coefficient (Wildman–Crippen LogP) is 1.41. The molecule has 136 valence electrons. The second kappa shape index (κ2) is 7.44. The van der Waals surface area contributed by atoms with Crippen molar-refractivity contribution in [2.24, 2.45) is 0 Å². The van der Waals surface area contributed by atoms with Gasteiger partial charge in [0.15, 0.2) is 0 Å². The van der Waals surface area contributed by atoms with Crippen LogP contribution in [0.1, 0.15) is 26.2 Å². The molecule has 2 amide bonds. The van der Waals surface area contributed by atoms with E-state index in [1.165, 1.54) is 12.6 Å². The Morgan fingerprint density at radius 2 is 1.96 bits per heavy atom. The molecule has 3 rings (SSSR count). The van der Waals surface area contributed by atoms with Crippen LogP contribution in [-0.2, 0) is 14.3 Å². The van der Waals surface area contributed by atoms with Crippen LogP contribution in [-0.4, -0.2) is 61.6 Å². The van der Waals surface area contributed by atoms with Crippen LogP contribution in [0.4, 0.5) is 5.69 Å². The van der Waals surface area contributed by atoms with Gasteiger partial charge >= 0.3 is 0 Å². The zero-order valence-corrected chi connectivity index (χ0v) is 15.0. The molecule has 1 spiro atoms. The number of nitrogens with one attached hydrogen (secondary N) is 1. The number of hydrogen-bond donors (Lipinski definition) is 1. The van der Waals surface area contributed by atoms with Gasteiger partial charge in [0.05, 0.1) is 24.8 Å². The van der Waals surface area contributed by atoms with E-state index >= 15 is 0 Å². The number of likely N-dealkylation sites (N-methyl/N-ethyl adjacent to an activating group) is 1. The summed E-state index contributed by atoms with van der Waals surface area (Å²) < 4.78 is 6.21. The maximum atomic E-state index is 12.1. The van der Waals surface area contributed by atoms with Crippen molar-refractivity contribution in [2.75, 3.05) is 38.2 Å². The molecule has 0 radical (unpaired) electrons. The lowest BCUT2D eigenvalue weighted by Gasteiger charge is -2.39. The number of carbonyl (C=O) groups is 2. The Morgan fingerprint density at radius 1 is 1.28 bits per heavy atom. The van der Waals surface area contributed by atoms with Gasteiger partial charge in [0.25, 0.3) is 0 Å². The molecule has 2 saturated heterocycles. The van der Waals surface area contributed by atoms with Crippen molar-refractivity contribution in [2.45, 2.75) is 37.8 Å². The maximum absolute atomic E-state index is 12.1. The third-order valence-electron chi connectivity index (χ3n) is 5.42. The molecule has 0 aliphatic carbocycles. The number of anilines is 1. The zero-order valence-electron chi connectivity index (χ0n) is 15.0. The summed E-state index contributed by atoms with van der Waals surface area (Å²) in [7, 11) is 2.12. The fourth-order valence-electron chi connectivity index (χ4n) is 3.77. The Kier molecular flexibility index (Phi) is 5.27. The number of carbonyl (C=O) groups excluding carboxylic acids is 2. The zero-order chi connectivity index (χ0) is 17.9. The standard InChI is InChI=1S/C19H27N3O3/c1-15(23)20-13-18(24)22-10-8-19(9-11-22)12-17(14-25-19)21(2)16-6-4-3-5-7-16/h3-7,17H,8-14H2,1-2H3,(H,20,23)/t17-/m1/s1. The Labute approximate surface area is 149 Å². The summed E-state index contributed by atoms with van der Waals surface area (Å²) in [4.78, 5) is 27.2. The molecule has 2 aliphatic rings. The van der Waals surface area contributed by atoms with Crippen molar-refractivity contribution in [3.8, 4) is 0 Å². The highest BCUT2D eigenvalue weighted by Crippen LogP contribution is 2.38. The van der Waals surface area contributed by atoms with Crippen LogP contribution in [0.3, 0.4) is 0 Å². The lowest BCUT2D eigenvalue weighted by atomic mass is 9.87. The van der Waals surface area contributed by atoms with Crippen LogP contribution in [0, 0.1) is 0 Å². The summed E-state index contributed by atoms with van der Waals surface area (Å²) in [6.45, 7) is 3.63. The molecule has 1 aromatic rings. The number of benzene rings is 1. The Bertz CT molecular complexity index is 612. The van der Waals surface area contributed by atoms with Crippen molar-refractivity contribution in [1.82, 2.24) is 10.2 Å². The summed E-state index contributed by atoms with van der Waals surface area (Å²) in [6.07, 6.45) is 2.71. The molecule has 6 heteroatoms. The van der Waals surface area contributed by atoms with Gasteiger partial charge in [-0.05, 0) is 31.4 Å². The van der Waals surface area contributed by atoms with Gasteiger partial charge in [-0.3, -0.25) is 9.59 Å². The number of piperidine rings is 1. The van der Waals surface area contributed by atoms with E-state index in [1.54, 1.807) is 0 Å². The lowest BCUT2D eigenvalue weighted by Crippen LogP contribution is -2.49. The van der Waals surface area contributed by atoms with Crippen LogP contribution in [0.15, 0.2) is 30.3 Å². The molecule has 0 saturated carbocycles. The van der Waals surface area contributed by atoms with Gasteiger partial charge in [-0.15, -0.1) is 0 Å². The SMILES string of the molecule is CC(=O)NCC(=O)N1CCC2(CC1)C[C@@H](N(C)c1ccccc1)CO2. The molecule has 1 atom stereocenters. The third kappa shape index (κ3) is 4.12. The van der Waals surface area contributed by atoms with Crippen LogP contribution < -0.4 is 10.2 Å². The van der Waals surface area contributed by atoms with Gasteiger partial charge in [-0.1, -0.05) is 18.2 Å². The topological polar surface area (TPSA) is 61.9 Å². The highest BCUT2D eigenvalue weighted by molar-refractivity contribution is 5.83. The second-order valence-corrected chi connectivity index (χ2v) is 7.09. The van der Waals surface area contributed by atoms with E-state index in [9.17, 15) is 9.59 Å². The smallest absolute Gasteiger partial charge is 0.241 e. The predicted molar refractivity (Wildman–Crippen MR) is 96.4 cm³/mol. The summed E-state index contributed by atoms with van der Waals surface area (Å²) in [5.41, 5.74) is 1.09. The van der Waals surface area contributed by atoms with E-state index in [2.05, 4.69) is 41.5 Å². The van der Waals surface area contributed by atoms with Crippen molar-refractivity contribution in [1.29, 1.82) is 0 Å². The van der Waals surface area contributed by atoms with Gasteiger partial charge in [-0.2, -0.15) is 0 Å². The molecular weight excluding hydrogens is 318 g/mol. The average molecular weight is 345 g/mol. The minimum absolute atomic E-state index is 0.0130. The fraction of sp³-hybridized carbons (Fsp3) is 0.579. The summed E-state index contributed by atoms with van der Waals surface area (Å²) in [6, 6.07) is 10.7. The van der Waals surface area contributed by atoms with E-state index in [4.69, 9.17) is 4.74 Å². The molecular formula is C19H27N3O3. The molecule has 1 N–H and O–H groups in total. The molecule has 0 bridgehead atoms. The molecule has 2 heterocycles. The molecule has 6 nitrogen and oxygen atoms in total. The van der Waals surface area contributed by atoms with Gasteiger partial charge in [0.1, 0.15) is 0 Å². The summed E-state index contributed by atoms with van der Waals surface area (Å²) in [5, 5.41) is 2.58. The van der Waals surface area contributed by atoms with Crippen molar-refractivity contribution < 1.29 is 14.3 Å². The number of rotatable bonds is 4. The number of hydrogen-bond acceptors (Lipinski definition) is 4. The van der Waals surface area contributed by atoms with E-state index in [0.29, 0.717) is 19.1 Å². The Balaban J connectivity index is 1.52. The van der Waals surface area contributed by atoms with Gasteiger partial charge in [0.2, 0.25) is 11.8 Å². The van der Waals surface area contributed by atoms with Gasteiger partial charge in [-0.25, -0.2) is 0 Å². The number of likely N-dealkylation sites (tertiary alicyclic amines) is 1. The quantitative estimate of drug-likeness (QED) is 0.896. The highest BCUT2D eigenvalue weighted by Gasteiger charge is 2.44. The molecule has 2 fully saturated rings. The molecule has 0 aromatic heterocycles. The fourth-order valence-corrected chi connectivity index (χ4v) is 3.77. The second-order valence-electron chi connectivity index (χ2n) is 7.09. The Morgan fingerprint density at radius 3 is 2.60 bits per heavy atom. The maximum Gasteiger partial charge on any atom is 0.241 e. The monoisotopic (exact) mass is 345 g/mol. The van der Waals surface area contributed by atoms with Crippen molar-refractivity contribution in [3.05, 3.63) is 30.3 Å². The number of nitrogens with zero attached hydrogens (tertiary/aromatic N) is 2. The van der Waals surface area contributed by atoms with Crippen LogP contribution in [0.5, 0.6) is 0 Å². The first-order chi connectivity index (χ1) is 12.0. The Hall–Kier alpha value is -2.08. The van der Waals surface area contributed by atoms with Gasteiger partial charge < -0.3 is 19.9 Å². The van der Waals surface area contributed by atoms with Crippen LogP contribution in [0.2, 0.25) is 0 Å². The third-order valence-corrected chi connectivity index (χ3v) is 5.42. The van der Waals surface area contributed by atoms with Crippen LogP contribution in [0.25, 0.3) is 0 Å². The summed E-state index contributed by atoms with van der Waals surface area (Å²) in [5.74, 6) is -0.186. The molecule has 25 heavy (non-hydrogen) atoms. The molecule has 0 unspecified atom stereocenters. The summed E-state index contributed by atoms with van der Waals surface area (Å²) >= 11 is 0. The number of ether oxygens (including phenoxy) is 1. The van der Waals surface area contributed by atoms with E-state index in [0.717, 1.165) is 25.9 Å².